The van der Waals surface area contributed by atoms with Gasteiger partial charge in [0.25, 0.3) is 0 Å². The topological polar surface area (TPSA) is 63.8 Å². The maximum absolute atomic E-state index is 10.8. The molecule has 0 aliphatic heterocycles. The van der Waals surface area contributed by atoms with Crippen LogP contribution in [0.3, 0.4) is 0 Å². The fraction of sp³-hybridized carbons (Fsp3) is 0.333. The second kappa shape index (κ2) is 5.06. The number of hydrogen-bond donors (Lipinski definition) is 1. The van der Waals surface area contributed by atoms with E-state index < -0.39 is 6.09 Å². The standard InChI is InChI=1S/C9H12N2O3/c1-3-13-9(12)11-10-7(2)8-5-4-6-14-8/h4-6H,3H2,1-2H3,(H,11,12)/b10-7+. The van der Waals surface area contributed by atoms with E-state index in [2.05, 4.69) is 15.3 Å². The van der Waals surface area contributed by atoms with E-state index in [0.29, 0.717) is 18.1 Å². The lowest BCUT2D eigenvalue weighted by Gasteiger charge is -2.00. The van der Waals surface area contributed by atoms with Gasteiger partial charge in [0.05, 0.1) is 12.9 Å². The summed E-state index contributed by atoms with van der Waals surface area (Å²) in [6, 6.07) is 3.50. The minimum absolute atomic E-state index is 0.321. The van der Waals surface area contributed by atoms with Gasteiger partial charge in [-0.25, -0.2) is 10.2 Å². The molecule has 0 fully saturated rings. The van der Waals surface area contributed by atoms with E-state index >= 15 is 0 Å². The Balaban J connectivity index is 2.49. The molecule has 5 nitrogen and oxygen atoms in total. The number of ether oxygens (including phenoxy) is 1. The van der Waals surface area contributed by atoms with Gasteiger partial charge in [0.15, 0.2) is 0 Å². The van der Waals surface area contributed by atoms with Crippen LogP contribution >= 0.6 is 0 Å². The van der Waals surface area contributed by atoms with E-state index in [1.165, 1.54) is 0 Å². The summed E-state index contributed by atoms with van der Waals surface area (Å²) in [6.07, 6.45) is 0.969. The molecule has 1 aromatic rings. The number of hydrazone groups is 1. The number of nitrogens with zero attached hydrogens (tertiary/aromatic N) is 1. The average Bonchev–Trinajstić information content (AvgIpc) is 2.67. The molecule has 0 saturated heterocycles. The highest BCUT2D eigenvalue weighted by Gasteiger charge is 2.01. The van der Waals surface area contributed by atoms with Gasteiger partial charge in [-0.2, -0.15) is 5.10 Å². The molecule has 0 radical (unpaired) electrons. The number of nitrogens with one attached hydrogen (secondary N) is 1. The molecule has 76 valence electrons. The van der Waals surface area contributed by atoms with Crippen LogP contribution < -0.4 is 5.43 Å². The molecule has 0 spiro atoms. The van der Waals surface area contributed by atoms with Crippen molar-refractivity contribution in [3.63, 3.8) is 0 Å². The summed E-state index contributed by atoms with van der Waals surface area (Å²) in [5, 5.41) is 3.78. The molecule has 1 heterocycles. The smallest absolute Gasteiger partial charge is 0.427 e. The monoisotopic (exact) mass is 196 g/mol. The van der Waals surface area contributed by atoms with Crippen molar-refractivity contribution < 1.29 is 13.9 Å². The average molecular weight is 196 g/mol. The van der Waals surface area contributed by atoms with Crippen molar-refractivity contribution in [2.24, 2.45) is 5.10 Å². The lowest BCUT2D eigenvalue weighted by Crippen LogP contribution is -2.20. The molecule has 14 heavy (non-hydrogen) atoms. The molecule has 0 unspecified atom stereocenters. The minimum atomic E-state index is -0.571. The van der Waals surface area contributed by atoms with Crippen LogP contribution in [0.4, 0.5) is 4.79 Å². The second-order valence-corrected chi connectivity index (χ2v) is 2.51. The van der Waals surface area contributed by atoms with Crippen molar-refractivity contribution in [2.45, 2.75) is 13.8 Å². The fourth-order valence-electron chi connectivity index (χ4n) is 0.832. The Labute approximate surface area is 81.7 Å². The molecule has 0 atom stereocenters. The van der Waals surface area contributed by atoms with Crippen LogP contribution in [0, 0.1) is 0 Å². The maximum Gasteiger partial charge on any atom is 0.427 e. The van der Waals surface area contributed by atoms with Crippen LogP contribution in [0.15, 0.2) is 27.9 Å². The first-order valence-electron chi connectivity index (χ1n) is 4.25. The Hall–Kier alpha value is -1.78. The Bertz CT molecular complexity index is 317. The molecule has 5 heteroatoms. The van der Waals surface area contributed by atoms with Crippen LogP contribution in [0.1, 0.15) is 19.6 Å². The first kappa shape index (κ1) is 10.3. The van der Waals surface area contributed by atoms with E-state index in [0.717, 1.165) is 0 Å². The van der Waals surface area contributed by atoms with E-state index in [1.807, 2.05) is 0 Å². The third kappa shape index (κ3) is 2.93. The molecule has 0 aromatic carbocycles. The van der Waals surface area contributed by atoms with Crippen LogP contribution in [-0.4, -0.2) is 18.4 Å². The fourth-order valence-corrected chi connectivity index (χ4v) is 0.832. The third-order valence-corrected chi connectivity index (χ3v) is 1.47. The highest BCUT2D eigenvalue weighted by molar-refractivity contribution is 5.96. The molecule has 1 rings (SSSR count). The van der Waals surface area contributed by atoms with Gasteiger partial charge in [-0.1, -0.05) is 0 Å². The molecule has 0 bridgehead atoms. The van der Waals surface area contributed by atoms with Crippen LogP contribution in [0.2, 0.25) is 0 Å². The largest absolute Gasteiger partial charge is 0.463 e. The Morgan fingerprint density at radius 1 is 1.71 bits per heavy atom. The zero-order valence-corrected chi connectivity index (χ0v) is 8.11. The lowest BCUT2D eigenvalue weighted by atomic mass is 10.3. The van der Waals surface area contributed by atoms with E-state index in [4.69, 9.17) is 4.42 Å². The summed E-state index contributed by atoms with van der Waals surface area (Å²) in [5.41, 5.74) is 2.82. The molecule has 0 aliphatic carbocycles. The van der Waals surface area contributed by atoms with Gasteiger partial charge in [-0.3, -0.25) is 0 Å². The zero-order chi connectivity index (χ0) is 10.4. The molecule has 1 N–H and O–H groups in total. The summed E-state index contributed by atoms with van der Waals surface area (Å²) in [6.45, 7) is 3.77. The molecule has 0 saturated carbocycles. The third-order valence-electron chi connectivity index (χ3n) is 1.47. The van der Waals surface area contributed by atoms with Crippen LogP contribution in [0.5, 0.6) is 0 Å². The van der Waals surface area contributed by atoms with Gasteiger partial charge in [0.2, 0.25) is 0 Å². The first-order valence-corrected chi connectivity index (χ1v) is 4.25. The predicted molar refractivity (Wildman–Crippen MR) is 51.1 cm³/mol. The second-order valence-electron chi connectivity index (χ2n) is 2.51. The van der Waals surface area contributed by atoms with Gasteiger partial charge in [0.1, 0.15) is 11.5 Å². The van der Waals surface area contributed by atoms with Gasteiger partial charge >= 0.3 is 6.09 Å². The van der Waals surface area contributed by atoms with Crippen LogP contribution in [-0.2, 0) is 4.74 Å². The van der Waals surface area contributed by atoms with E-state index in [1.54, 1.807) is 32.2 Å². The highest BCUT2D eigenvalue weighted by atomic mass is 16.5. The van der Waals surface area contributed by atoms with Crippen molar-refractivity contribution in [2.75, 3.05) is 6.61 Å². The van der Waals surface area contributed by atoms with Crippen molar-refractivity contribution in [1.82, 2.24) is 5.43 Å². The molecule has 0 aliphatic rings. The van der Waals surface area contributed by atoms with Crippen molar-refractivity contribution in [1.29, 1.82) is 0 Å². The van der Waals surface area contributed by atoms with Crippen molar-refractivity contribution >= 4 is 11.8 Å². The van der Waals surface area contributed by atoms with Gasteiger partial charge in [0, 0.05) is 0 Å². The summed E-state index contributed by atoms with van der Waals surface area (Å²) in [4.78, 5) is 10.8. The summed E-state index contributed by atoms with van der Waals surface area (Å²) in [7, 11) is 0. The van der Waals surface area contributed by atoms with Crippen LogP contribution in [0.25, 0.3) is 0 Å². The number of hydrogen-bond acceptors (Lipinski definition) is 4. The number of furan rings is 1. The molecular formula is C9H12N2O3. The predicted octanol–water partition coefficient (Wildman–Crippen LogP) is 1.75. The van der Waals surface area contributed by atoms with Crippen molar-refractivity contribution in [3.05, 3.63) is 24.2 Å². The summed E-state index contributed by atoms with van der Waals surface area (Å²) < 4.78 is 9.69. The molecule has 1 amide bonds. The summed E-state index contributed by atoms with van der Waals surface area (Å²) >= 11 is 0. The van der Waals surface area contributed by atoms with E-state index in [9.17, 15) is 4.79 Å². The van der Waals surface area contributed by atoms with E-state index in [-0.39, 0.29) is 0 Å². The number of amides is 1. The molecular weight excluding hydrogens is 184 g/mol. The van der Waals surface area contributed by atoms with Gasteiger partial charge in [-0.15, -0.1) is 0 Å². The summed E-state index contributed by atoms with van der Waals surface area (Å²) in [5.74, 6) is 0.613. The normalized spacial score (nSPS) is 11.1. The SMILES string of the molecule is CCOC(=O)N/N=C(\C)c1ccco1. The number of carbonyl (C=O) groups excluding carboxylic acids is 1. The zero-order valence-electron chi connectivity index (χ0n) is 8.11. The minimum Gasteiger partial charge on any atom is -0.463 e. The highest BCUT2D eigenvalue weighted by Crippen LogP contribution is 2.00. The Morgan fingerprint density at radius 3 is 3.07 bits per heavy atom. The Morgan fingerprint density at radius 2 is 2.50 bits per heavy atom. The number of carbonyl (C=O) groups is 1. The Kier molecular flexibility index (Phi) is 3.72. The quantitative estimate of drug-likeness (QED) is 0.591. The lowest BCUT2D eigenvalue weighted by molar-refractivity contribution is 0.152. The first-order chi connectivity index (χ1) is 6.74. The molecule has 1 aromatic heterocycles. The van der Waals surface area contributed by atoms with Gasteiger partial charge in [-0.05, 0) is 26.0 Å². The number of rotatable bonds is 3. The van der Waals surface area contributed by atoms with Gasteiger partial charge < -0.3 is 9.15 Å². The maximum atomic E-state index is 10.8. The van der Waals surface area contributed by atoms with Crippen molar-refractivity contribution in [3.8, 4) is 0 Å².